The summed E-state index contributed by atoms with van der Waals surface area (Å²) in [4.78, 5) is 11.8. The summed E-state index contributed by atoms with van der Waals surface area (Å²) in [6, 6.07) is 9.12. The number of aromatic hydroxyl groups is 2. The molecular formula is C16H15Br2N3O3. The summed E-state index contributed by atoms with van der Waals surface area (Å²) in [5.41, 5.74) is 4.61. The zero-order valence-electron chi connectivity index (χ0n) is 12.7. The smallest absolute Gasteiger partial charge is 0.259 e. The number of carbonyl (C=O) groups is 1. The molecule has 8 heteroatoms. The normalized spacial score (nSPS) is 10.8. The van der Waals surface area contributed by atoms with Crippen LogP contribution in [0.5, 0.6) is 11.5 Å². The van der Waals surface area contributed by atoms with Crippen molar-refractivity contribution in [1.82, 2.24) is 5.43 Å². The van der Waals surface area contributed by atoms with Crippen molar-refractivity contribution in [2.75, 3.05) is 11.9 Å². The molecule has 2 aromatic rings. The number of carbonyl (C=O) groups excluding carboxylic acids is 1. The quantitative estimate of drug-likeness (QED) is 0.409. The van der Waals surface area contributed by atoms with E-state index in [4.69, 9.17) is 0 Å². The van der Waals surface area contributed by atoms with Crippen LogP contribution in [0, 0.1) is 6.92 Å². The Morgan fingerprint density at radius 2 is 1.96 bits per heavy atom. The van der Waals surface area contributed by atoms with E-state index in [0.29, 0.717) is 10.0 Å². The third kappa shape index (κ3) is 4.48. The van der Waals surface area contributed by atoms with Gasteiger partial charge in [0.2, 0.25) is 0 Å². The highest BCUT2D eigenvalue weighted by atomic mass is 79.9. The summed E-state index contributed by atoms with van der Waals surface area (Å²) in [5, 5.41) is 26.4. The van der Waals surface area contributed by atoms with E-state index in [2.05, 4.69) is 47.7 Å². The largest absolute Gasteiger partial charge is 0.506 e. The van der Waals surface area contributed by atoms with Crippen molar-refractivity contribution in [1.29, 1.82) is 0 Å². The van der Waals surface area contributed by atoms with Gasteiger partial charge in [-0.15, -0.1) is 0 Å². The molecule has 24 heavy (non-hydrogen) atoms. The fourth-order valence-corrected chi connectivity index (χ4v) is 3.03. The molecule has 0 atom stereocenters. The Labute approximate surface area is 155 Å². The number of nitrogens with zero attached hydrogens (tertiary/aromatic N) is 1. The van der Waals surface area contributed by atoms with Gasteiger partial charge in [0, 0.05) is 11.3 Å². The predicted molar refractivity (Wildman–Crippen MR) is 101 cm³/mol. The number of aryl methyl sites for hydroxylation is 1. The Balaban J connectivity index is 1.95. The van der Waals surface area contributed by atoms with Crippen LogP contribution >= 0.6 is 31.9 Å². The molecule has 0 bridgehead atoms. The number of hydrogen-bond acceptors (Lipinski definition) is 5. The van der Waals surface area contributed by atoms with Crippen molar-refractivity contribution in [2.24, 2.45) is 5.10 Å². The van der Waals surface area contributed by atoms with E-state index in [0.717, 1.165) is 11.3 Å². The molecule has 0 saturated heterocycles. The average molecular weight is 457 g/mol. The molecule has 0 spiro atoms. The maximum absolute atomic E-state index is 11.8. The maximum Gasteiger partial charge on any atom is 0.259 e. The van der Waals surface area contributed by atoms with Crippen LogP contribution in [0.15, 0.2) is 44.4 Å². The van der Waals surface area contributed by atoms with Gasteiger partial charge in [-0.05, 0) is 56.5 Å². The number of phenolic OH excluding ortho intramolecular Hbond substituents is 2. The van der Waals surface area contributed by atoms with E-state index in [1.165, 1.54) is 12.3 Å². The van der Waals surface area contributed by atoms with Crippen molar-refractivity contribution in [2.45, 2.75) is 6.92 Å². The maximum atomic E-state index is 11.8. The summed E-state index contributed by atoms with van der Waals surface area (Å²) >= 11 is 6.23. The van der Waals surface area contributed by atoms with Crippen molar-refractivity contribution in [3.8, 4) is 11.5 Å². The first-order valence-corrected chi connectivity index (χ1v) is 8.50. The van der Waals surface area contributed by atoms with Gasteiger partial charge in [0.1, 0.15) is 16.0 Å². The van der Waals surface area contributed by atoms with E-state index in [9.17, 15) is 15.0 Å². The molecular weight excluding hydrogens is 442 g/mol. The number of rotatable bonds is 5. The number of phenols is 2. The zero-order valence-corrected chi connectivity index (χ0v) is 15.8. The molecule has 0 unspecified atom stereocenters. The molecule has 0 aliphatic rings. The molecule has 0 radical (unpaired) electrons. The lowest BCUT2D eigenvalue weighted by molar-refractivity contribution is -0.119. The fourth-order valence-electron chi connectivity index (χ4n) is 1.88. The Morgan fingerprint density at radius 1 is 1.25 bits per heavy atom. The van der Waals surface area contributed by atoms with Crippen LogP contribution in [-0.2, 0) is 4.79 Å². The van der Waals surface area contributed by atoms with Gasteiger partial charge in [0.25, 0.3) is 5.91 Å². The Hall–Kier alpha value is -2.06. The van der Waals surface area contributed by atoms with Crippen molar-refractivity contribution < 1.29 is 15.0 Å². The van der Waals surface area contributed by atoms with Crippen LogP contribution < -0.4 is 10.7 Å². The van der Waals surface area contributed by atoms with Crippen LogP contribution in [-0.4, -0.2) is 28.9 Å². The van der Waals surface area contributed by atoms with Crippen LogP contribution in [0.1, 0.15) is 11.1 Å². The van der Waals surface area contributed by atoms with E-state index in [1.54, 1.807) is 0 Å². The number of hydrogen-bond donors (Lipinski definition) is 4. The van der Waals surface area contributed by atoms with Gasteiger partial charge in [-0.1, -0.05) is 18.2 Å². The van der Waals surface area contributed by atoms with Crippen molar-refractivity contribution in [3.63, 3.8) is 0 Å². The lowest BCUT2D eigenvalue weighted by Gasteiger charge is -2.08. The second-order valence-corrected chi connectivity index (χ2v) is 6.57. The van der Waals surface area contributed by atoms with Gasteiger partial charge in [-0.2, -0.15) is 5.10 Å². The Bertz CT molecular complexity index is 794. The summed E-state index contributed by atoms with van der Waals surface area (Å²) in [6.07, 6.45) is 1.29. The molecule has 0 aliphatic carbocycles. The molecule has 2 aromatic carbocycles. The second kappa shape index (κ2) is 8.16. The first kappa shape index (κ1) is 18.3. The highest BCUT2D eigenvalue weighted by Crippen LogP contribution is 2.40. The number of nitrogens with one attached hydrogen (secondary N) is 2. The molecule has 0 aromatic heterocycles. The van der Waals surface area contributed by atoms with E-state index >= 15 is 0 Å². The Morgan fingerprint density at radius 3 is 2.67 bits per heavy atom. The van der Waals surface area contributed by atoms with Crippen LogP contribution in [0.3, 0.4) is 0 Å². The number of halogens is 2. The van der Waals surface area contributed by atoms with Gasteiger partial charge in [0.05, 0.1) is 17.2 Å². The fraction of sp³-hybridized carbons (Fsp3) is 0.125. The van der Waals surface area contributed by atoms with Gasteiger partial charge < -0.3 is 15.5 Å². The highest BCUT2D eigenvalue weighted by molar-refractivity contribution is 9.11. The number of anilines is 1. The lowest BCUT2D eigenvalue weighted by atomic mass is 10.2. The molecule has 0 fully saturated rings. The molecule has 1 amide bonds. The lowest BCUT2D eigenvalue weighted by Crippen LogP contribution is -2.26. The molecule has 4 N–H and O–H groups in total. The predicted octanol–water partition coefficient (Wildman–Crippen LogP) is 3.49. The van der Waals surface area contributed by atoms with Crippen LogP contribution in [0.2, 0.25) is 0 Å². The average Bonchev–Trinajstić information content (AvgIpc) is 2.56. The SMILES string of the molecule is Cc1ccccc1NCC(=O)N/N=C\c1cc(Br)c(O)c(Br)c1O. The number of amides is 1. The first-order chi connectivity index (χ1) is 11.4. The van der Waals surface area contributed by atoms with E-state index in [-0.39, 0.29) is 28.4 Å². The minimum atomic E-state index is -0.328. The summed E-state index contributed by atoms with van der Waals surface area (Å²) in [7, 11) is 0. The molecule has 6 nitrogen and oxygen atoms in total. The zero-order chi connectivity index (χ0) is 17.7. The molecule has 2 rings (SSSR count). The van der Waals surface area contributed by atoms with Crippen LogP contribution in [0.4, 0.5) is 5.69 Å². The third-order valence-electron chi connectivity index (χ3n) is 3.18. The first-order valence-electron chi connectivity index (χ1n) is 6.91. The molecule has 126 valence electrons. The molecule has 0 saturated carbocycles. The summed E-state index contributed by atoms with van der Waals surface area (Å²) in [6.45, 7) is 2.01. The third-order valence-corrected chi connectivity index (χ3v) is 4.53. The second-order valence-electron chi connectivity index (χ2n) is 4.92. The topological polar surface area (TPSA) is 94.0 Å². The van der Waals surface area contributed by atoms with Crippen molar-refractivity contribution >= 4 is 49.7 Å². The van der Waals surface area contributed by atoms with E-state index < -0.39 is 0 Å². The van der Waals surface area contributed by atoms with Gasteiger partial charge in [-0.3, -0.25) is 4.79 Å². The number of para-hydroxylation sites is 1. The van der Waals surface area contributed by atoms with Gasteiger partial charge in [-0.25, -0.2) is 5.43 Å². The van der Waals surface area contributed by atoms with Gasteiger partial charge in [0.15, 0.2) is 0 Å². The molecule has 0 aliphatic heterocycles. The number of benzene rings is 2. The Kier molecular flexibility index (Phi) is 6.22. The minimum Gasteiger partial charge on any atom is -0.506 e. The minimum absolute atomic E-state index is 0.0666. The van der Waals surface area contributed by atoms with Crippen molar-refractivity contribution in [3.05, 3.63) is 50.4 Å². The number of hydrazone groups is 1. The van der Waals surface area contributed by atoms with Crippen LogP contribution in [0.25, 0.3) is 0 Å². The highest BCUT2D eigenvalue weighted by Gasteiger charge is 2.12. The molecule has 0 heterocycles. The van der Waals surface area contributed by atoms with Gasteiger partial charge >= 0.3 is 0 Å². The standard InChI is InChI=1S/C16H15Br2N3O3/c1-9-4-2-3-5-12(9)19-8-13(22)21-20-7-10-6-11(17)16(24)14(18)15(10)23/h2-7,19,23-24H,8H2,1H3,(H,21,22)/b20-7-. The monoisotopic (exact) mass is 455 g/mol. The van der Waals surface area contributed by atoms with E-state index in [1.807, 2.05) is 31.2 Å². The summed E-state index contributed by atoms with van der Waals surface area (Å²) < 4.78 is 0.534. The summed E-state index contributed by atoms with van der Waals surface area (Å²) in [5.74, 6) is -0.617.